The van der Waals surface area contributed by atoms with Crippen molar-refractivity contribution in [1.82, 2.24) is 25.2 Å². The maximum Gasteiger partial charge on any atom is 0.276 e. The maximum atomic E-state index is 5.24. The van der Waals surface area contributed by atoms with E-state index < -0.39 is 0 Å². The van der Waals surface area contributed by atoms with E-state index in [1.165, 1.54) is 0 Å². The topological polar surface area (TPSA) is 68.8 Å². The number of hydrogen-bond donors (Lipinski definition) is 1. The second-order valence-electron chi connectivity index (χ2n) is 3.74. The molecule has 92 valence electrons. The third kappa shape index (κ3) is 2.36. The van der Waals surface area contributed by atoms with Crippen molar-refractivity contribution in [2.45, 2.75) is 33.4 Å². The van der Waals surface area contributed by atoms with E-state index in [1.54, 1.807) is 0 Å². The number of rotatable bonds is 5. The largest absolute Gasteiger partial charge is 0.332 e. The third-order valence-electron chi connectivity index (χ3n) is 2.51. The minimum atomic E-state index is 0.532. The van der Waals surface area contributed by atoms with Gasteiger partial charge in [0.1, 0.15) is 5.69 Å². The molecule has 0 bridgehead atoms. The summed E-state index contributed by atoms with van der Waals surface area (Å²) >= 11 is 0. The van der Waals surface area contributed by atoms with Gasteiger partial charge in [-0.25, -0.2) is 0 Å². The van der Waals surface area contributed by atoms with E-state index in [-0.39, 0.29) is 0 Å². The zero-order valence-electron chi connectivity index (χ0n) is 10.4. The van der Waals surface area contributed by atoms with E-state index in [0.29, 0.717) is 18.3 Å². The van der Waals surface area contributed by atoms with Gasteiger partial charge >= 0.3 is 0 Å². The molecule has 0 aliphatic heterocycles. The Morgan fingerprint density at radius 3 is 2.88 bits per heavy atom. The molecule has 0 aromatic carbocycles. The van der Waals surface area contributed by atoms with Crippen LogP contribution in [0.3, 0.4) is 0 Å². The molecular formula is C11H17N5O. The van der Waals surface area contributed by atoms with Gasteiger partial charge in [-0.3, -0.25) is 4.68 Å². The molecule has 0 fully saturated rings. The average molecular weight is 235 g/mol. The number of aromatic nitrogens is 4. The lowest BCUT2D eigenvalue weighted by Crippen LogP contribution is -2.06. The number of nitrogens with one attached hydrogen (secondary N) is 1. The van der Waals surface area contributed by atoms with Crippen molar-refractivity contribution < 1.29 is 4.52 Å². The Morgan fingerprint density at radius 1 is 1.41 bits per heavy atom. The Kier molecular flexibility index (Phi) is 3.53. The van der Waals surface area contributed by atoms with E-state index in [0.717, 1.165) is 24.4 Å². The van der Waals surface area contributed by atoms with Crippen molar-refractivity contribution in [3.8, 4) is 11.6 Å². The maximum absolute atomic E-state index is 5.24. The standard InChI is InChI=1S/C11H17N5O/c1-4-8-6-9(16(5-2)14-8)11-13-10(7-12-3)15-17-11/h6,12H,4-5,7H2,1-3H3. The third-order valence-corrected chi connectivity index (χ3v) is 2.51. The minimum absolute atomic E-state index is 0.532. The van der Waals surface area contributed by atoms with E-state index in [1.807, 2.05) is 24.7 Å². The molecule has 2 heterocycles. The van der Waals surface area contributed by atoms with Crippen LogP contribution in [0.4, 0.5) is 0 Å². The van der Waals surface area contributed by atoms with Crippen molar-refractivity contribution in [3.63, 3.8) is 0 Å². The van der Waals surface area contributed by atoms with Crippen LogP contribution >= 0.6 is 0 Å². The van der Waals surface area contributed by atoms with Crippen LogP contribution in [0, 0.1) is 0 Å². The molecular weight excluding hydrogens is 218 g/mol. The second kappa shape index (κ2) is 5.09. The van der Waals surface area contributed by atoms with Gasteiger partial charge in [-0.1, -0.05) is 12.1 Å². The Labute approximate surface area is 100 Å². The molecule has 0 saturated carbocycles. The quantitative estimate of drug-likeness (QED) is 0.844. The molecule has 2 rings (SSSR count). The van der Waals surface area contributed by atoms with Gasteiger partial charge in [0.05, 0.1) is 12.2 Å². The van der Waals surface area contributed by atoms with Gasteiger partial charge < -0.3 is 9.84 Å². The highest BCUT2D eigenvalue weighted by atomic mass is 16.5. The fraction of sp³-hybridized carbons (Fsp3) is 0.545. The predicted molar refractivity (Wildman–Crippen MR) is 63.3 cm³/mol. The Bertz CT molecular complexity index is 488. The van der Waals surface area contributed by atoms with Crippen LogP contribution in [0.25, 0.3) is 11.6 Å². The highest BCUT2D eigenvalue weighted by Crippen LogP contribution is 2.19. The predicted octanol–water partition coefficient (Wildman–Crippen LogP) is 1.23. The molecule has 2 aromatic rings. The smallest absolute Gasteiger partial charge is 0.276 e. The normalized spacial score (nSPS) is 11.0. The average Bonchev–Trinajstić information content (AvgIpc) is 2.94. The van der Waals surface area contributed by atoms with E-state index in [4.69, 9.17) is 4.52 Å². The molecule has 0 aliphatic rings. The van der Waals surface area contributed by atoms with E-state index >= 15 is 0 Å². The monoisotopic (exact) mass is 235 g/mol. The van der Waals surface area contributed by atoms with Gasteiger partial charge in [-0.05, 0) is 26.5 Å². The highest BCUT2D eigenvalue weighted by molar-refractivity contribution is 5.47. The first-order valence-electron chi connectivity index (χ1n) is 5.82. The van der Waals surface area contributed by atoms with Gasteiger partial charge in [0, 0.05) is 6.54 Å². The van der Waals surface area contributed by atoms with E-state index in [2.05, 4.69) is 27.5 Å². The van der Waals surface area contributed by atoms with Crippen molar-refractivity contribution in [3.05, 3.63) is 17.6 Å². The summed E-state index contributed by atoms with van der Waals surface area (Å²) in [4.78, 5) is 4.33. The lowest BCUT2D eigenvalue weighted by atomic mass is 10.3. The summed E-state index contributed by atoms with van der Waals surface area (Å²) in [5.74, 6) is 1.19. The molecule has 0 radical (unpaired) electrons. The molecule has 0 saturated heterocycles. The summed E-state index contributed by atoms with van der Waals surface area (Å²) in [7, 11) is 1.85. The van der Waals surface area contributed by atoms with Gasteiger partial charge in [0.15, 0.2) is 5.82 Å². The van der Waals surface area contributed by atoms with Gasteiger partial charge in [-0.15, -0.1) is 0 Å². The zero-order chi connectivity index (χ0) is 12.3. The first-order valence-corrected chi connectivity index (χ1v) is 5.82. The first-order chi connectivity index (χ1) is 8.28. The molecule has 6 heteroatoms. The summed E-state index contributed by atoms with van der Waals surface area (Å²) in [6.45, 7) is 5.51. The van der Waals surface area contributed by atoms with Crippen molar-refractivity contribution >= 4 is 0 Å². The SMILES string of the molecule is CCc1cc(-c2nc(CNC)no2)n(CC)n1. The van der Waals surface area contributed by atoms with Crippen LogP contribution < -0.4 is 5.32 Å². The van der Waals surface area contributed by atoms with Crippen LogP contribution in [0.5, 0.6) is 0 Å². The summed E-state index contributed by atoms with van der Waals surface area (Å²) in [5, 5.41) is 11.3. The fourth-order valence-corrected chi connectivity index (χ4v) is 1.64. The van der Waals surface area contributed by atoms with Crippen molar-refractivity contribution in [2.24, 2.45) is 0 Å². The molecule has 1 N–H and O–H groups in total. The Balaban J connectivity index is 2.33. The molecule has 0 amide bonds. The van der Waals surface area contributed by atoms with Crippen LogP contribution in [-0.4, -0.2) is 27.0 Å². The summed E-state index contributed by atoms with van der Waals surface area (Å²) < 4.78 is 7.13. The number of nitrogens with zero attached hydrogens (tertiary/aromatic N) is 4. The Morgan fingerprint density at radius 2 is 2.24 bits per heavy atom. The summed E-state index contributed by atoms with van der Waals surface area (Å²) in [6, 6.07) is 2.00. The number of aryl methyl sites for hydroxylation is 2. The molecule has 17 heavy (non-hydrogen) atoms. The lowest BCUT2D eigenvalue weighted by molar-refractivity contribution is 0.416. The van der Waals surface area contributed by atoms with Gasteiger partial charge in [0.2, 0.25) is 0 Å². The van der Waals surface area contributed by atoms with Gasteiger partial charge in [0.25, 0.3) is 5.89 Å². The second-order valence-corrected chi connectivity index (χ2v) is 3.74. The molecule has 6 nitrogen and oxygen atoms in total. The summed E-state index contributed by atoms with van der Waals surface area (Å²) in [6.07, 6.45) is 0.900. The van der Waals surface area contributed by atoms with Gasteiger partial charge in [-0.2, -0.15) is 10.1 Å². The molecule has 0 atom stereocenters. The zero-order valence-corrected chi connectivity index (χ0v) is 10.4. The molecule has 0 unspecified atom stereocenters. The molecule has 0 aliphatic carbocycles. The highest BCUT2D eigenvalue weighted by Gasteiger charge is 2.14. The lowest BCUT2D eigenvalue weighted by Gasteiger charge is -1.98. The molecule has 0 spiro atoms. The van der Waals surface area contributed by atoms with Crippen LogP contribution in [0.1, 0.15) is 25.4 Å². The summed E-state index contributed by atoms with van der Waals surface area (Å²) in [5.41, 5.74) is 1.93. The van der Waals surface area contributed by atoms with Crippen LogP contribution in [0.2, 0.25) is 0 Å². The minimum Gasteiger partial charge on any atom is -0.332 e. The van der Waals surface area contributed by atoms with E-state index in [9.17, 15) is 0 Å². The molecule has 2 aromatic heterocycles. The van der Waals surface area contributed by atoms with Crippen molar-refractivity contribution in [2.75, 3.05) is 7.05 Å². The fourth-order valence-electron chi connectivity index (χ4n) is 1.64. The number of hydrogen-bond acceptors (Lipinski definition) is 5. The Hall–Kier alpha value is -1.69. The van der Waals surface area contributed by atoms with Crippen LogP contribution in [0.15, 0.2) is 10.6 Å². The van der Waals surface area contributed by atoms with Crippen LogP contribution in [-0.2, 0) is 19.5 Å². The first kappa shape index (κ1) is 11.8. The van der Waals surface area contributed by atoms with Crippen molar-refractivity contribution in [1.29, 1.82) is 0 Å².